The molecule has 3 aromatic carbocycles. The van der Waals surface area contributed by atoms with Crippen LogP contribution in [-0.4, -0.2) is 16.0 Å². The number of nitrogens with zero attached hydrogens (tertiary/aromatic N) is 1. The molecule has 1 heterocycles. The van der Waals surface area contributed by atoms with Crippen LogP contribution in [0.4, 0.5) is 9.18 Å². The number of carbonyl (C=O) groups excluding carboxylic acids is 2. The van der Waals surface area contributed by atoms with Gasteiger partial charge in [0.05, 0.1) is 11.4 Å². The van der Waals surface area contributed by atoms with Gasteiger partial charge in [-0.25, -0.2) is 4.39 Å². The van der Waals surface area contributed by atoms with E-state index in [-0.39, 0.29) is 23.5 Å². The third kappa shape index (κ3) is 5.34. The second-order valence-electron chi connectivity index (χ2n) is 6.88. The van der Waals surface area contributed by atoms with Gasteiger partial charge in [0.25, 0.3) is 11.1 Å². The lowest BCUT2D eigenvalue weighted by Crippen LogP contribution is -2.27. The predicted molar refractivity (Wildman–Crippen MR) is 120 cm³/mol. The molecule has 4 rings (SSSR count). The molecule has 0 unspecified atom stereocenters. The minimum absolute atomic E-state index is 0.204. The van der Waals surface area contributed by atoms with Crippen molar-refractivity contribution in [3.63, 3.8) is 0 Å². The Hall–Kier alpha value is -3.09. The number of hydrogen-bond donors (Lipinski definition) is 0. The first-order chi connectivity index (χ1) is 15.0. The summed E-state index contributed by atoms with van der Waals surface area (Å²) in [4.78, 5) is 26.6. The highest BCUT2D eigenvalue weighted by atomic mass is 35.5. The molecule has 1 fully saturated rings. The van der Waals surface area contributed by atoms with Gasteiger partial charge in [-0.3, -0.25) is 14.5 Å². The first-order valence-electron chi connectivity index (χ1n) is 9.45. The SMILES string of the molecule is O=C1SC(=Cc2ccc(OCc3ccc(F)cc3)cc2)C(=O)N1Cc1ccc(Cl)cc1. The van der Waals surface area contributed by atoms with Gasteiger partial charge >= 0.3 is 0 Å². The molecular formula is C24H17ClFNO3S. The van der Waals surface area contributed by atoms with Gasteiger partial charge in [0, 0.05) is 5.02 Å². The highest BCUT2D eigenvalue weighted by molar-refractivity contribution is 8.18. The first-order valence-corrected chi connectivity index (χ1v) is 10.6. The number of ether oxygens (including phenoxy) is 1. The minimum Gasteiger partial charge on any atom is -0.489 e. The Morgan fingerprint density at radius 1 is 0.903 bits per heavy atom. The Kier molecular flexibility index (Phi) is 6.39. The Morgan fingerprint density at radius 3 is 2.23 bits per heavy atom. The zero-order chi connectivity index (χ0) is 21.8. The van der Waals surface area contributed by atoms with Gasteiger partial charge in [-0.2, -0.15) is 0 Å². The average molecular weight is 454 g/mol. The molecule has 1 saturated heterocycles. The molecule has 0 atom stereocenters. The quantitative estimate of drug-likeness (QED) is 0.411. The molecule has 31 heavy (non-hydrogen) atoms. The van der Waals surface area contributed by atoms with Crippen LogP contribution in [0.15, 0.2) is 77.7 Å². The zero-order valence-corrected chi connectivity index (χ0v) is 17.8. The number of halogens is 2. The van der Waals surface area contributed by atoms with E-state index in [1.807, 2.05) is 12.1 Å². The van der Waals surface area contributed by atoms with Crippen molar-refractivity contribution in [2.75, 3.05) is 0 Å². The summed E-state index contributed by atoms with van der Waals surface area (Å²) in [5, 5.41) is 0.299. The molecule has 0 N–H and O–H groups in total. The maximum absolute atomic E-state index is 13.0. The summed E-state index contributed by atoms with van der Waals surface area (Å²) in [6.07, 6.45) is 1.69. The standard InChI is InChI=1S/C24H17ClFNO3S/c25-19-7-1-17(2-8-19)14-27-23(28)22(31-24(27)29)13-16-5-11-21(12-6-16)30-15-18-3-9-20(26)10-4-18/h1-13H,14-15H2. The van der Waals surface area contributed by atoms with E-state index in [9.17, 15) is 14.0 Å². The van der Waals surface area contributed by atoms with Crippen molar-refractivity contribution in [3.05, 3.63) is 105 Å². The lowest BCUT2D eigenvalue weighted by molar-refractivity contribution is -0.123. The van der Waals surface area contributed by atoms with Crippen molar-refractivity contribution in [1.82, 2.24) is 4.90 Å². The van der Waals surface area contributed by atoms with E-state index in [1.54, 1.807) is 54.6 Å². The summed E-state index contributed by atoms with van der Waals surface area (Å²) >= 11 is 6.81. The van der Waals surface area contributed by atoms with Gasteiger partial charge in [-0.15, -0.1) is 0 Å². The first kappa shape index (κ1) is 21.2. The Labute approximate surface area is 188 Å². The number of imide groups is 1. The molecular weight excluding hydrogens is 437 g/mol. The van der Waals surface area contributed by atoms with Crippen LogP contribution in [0.5, 0.6) is 5.75 Å². The Balaban J connectivity index is 1.39. The van der Waals surface area contributed by atoms with Crippen LogP contribution < -0.4 is 4.74 Å². The maximum atomic E-state index is 13.0. The molecule has 0 aromatic heterocycles. The zero-order valence-electron chi connectivity index (χ0n) is 16.3. The summed E-state index contributed by atoms with van der Waals surface area (Å²) < 4.78 is 18.7. The summed E-state index contributed by atoms with van der Waals surface area (Å²) in [5.74, 6) is 0.0459. The highest BCUT2D eigenvalue weighted by Crippen LogP contribution is 2.33. The Bertz CT molecular complexity index is 1130. The molecule has 2 amide bonds. The summed E-state index contributed by atoms with van der Waals surface area (Å²) in [5.41, 5.74) is 2.47. The molecule has 156 valence electrons. The topological polar surface area (TPSA) is 46.6 Å². The summed E-state index contributed by atoms with van der Waals surface area (Å²) in [7, 11) is 0. The summed E-state index contributed by atoms with van der Waals surface area (Å²) in [6.45, 7) is 0.526. The van der Waals surface area contributed by atoms with E-state index < -0.39 is 0 Å². The fourth-order valence-electron chi connectivity index (χ4n) is 2.97. The molecule has 0 bridgehead atoms. The molecule has 4 nitrogen and oxygen atoms in total. The van der Waals surface area contributed by atoms with Crippen molar-refractivity contribution in [2.45, 2.75) is 13.2 Å². The van der Waals surface area contributed by atoms with E-state index in [2.05, 4.69) is 0 Å². The van der Waals surface area contributed by atoms with Gasteiger partial charge in [-0.05, 0) is 70.9 Å². The highest BCUT2D eigenvalue weighted by Gasteiger charge is 2.34. The van der Waals surface area contributed by atoms with Gasteiger partial charge in [-0.1, -0.05) is 48.0 Å². The van der Waals surface area contributed by atoms with Crippen molar-refractivity contribution in [1.29, 1.82) is 0 Å². The molecule has 3 aromatic rings. The second kappa shape index (κ2) is 9.37. The fourth-order valence-corrected chi connectivity index (χ4v) is 3.93. The van der Waals surface area contributed by atoms with Gasteiger partial charge in [0.2, 0.25) is 0 Å². The Morgan fingerprint density at radius 2 is 1.55 bits per heavy atom. The van der Waals surface area contributed by atoms with Crippen LogP contribution in [0.3, 0.4) is 0 Å². The number of carbonyl (C=O) groups is 2. The number of thioether (sulfide) groups is 1. The van der Waals surface area contributed by atoms with E-state index in [4.69, 9.17) is 16.3 Å². The lowest BCUT2D eigenvalue weighted by Gasteiger charge is -2.12. The normalized spacial score (nSPS) is 15.0. The van der Waals surface area contributed by atoms with E-state index in [0.29, 0.717) is 22.3 Å². The van der Waals surface area contributed by atoms with Crippen LogP contribution in [0.2, 0.25) is 5.02 Å². The lowest BCUT2D eigenvalue weighted by atomic mass is 10.2. The molecule has 0 aliphatic carbocycles. The van der Waals surface area contributed by atoms with Crippen molar-refractivity contribution >= 4 is 40.6 Å². The molecule has 0 saturated carbocycles. The number of amides is 2. The predicted octanol–water partition coefficient (Wildman–Crippen LogP) is 6.29. The van der Waals surface area contributed by atoms with E-state index >= 15 is 0 Å². The van der Waals surface area contributed by atoms with Gasteiger partial charge in [0.1, 0.15) is 18.2 Å². The number of hydrogen-bond acceptors (Lipinski definition) is 4. The van der Waals surface area contributed by atoms with Crippen molar-refractivity contribution < 1.29 is 18.7 Å². The van der Waals surface area contributed by atoms with Crippen LogP contribution >= 0.6 is 23.4 Å². The third-order valence-corrected chi connectivity index (χ3v) is 5.78. The molecule has 7 heteroatoms. The molecule has 0 spiro atoms. The minimum atomic E-state index is -0.318. The number of benzene rings is 3. The smallest absolute Gasteiger partial charge is 0.293 e. The van der Waals surface area contributed by atoms with Crippen molar-refractivity contribution in [3.8, 4) is 5.75 Å². The largest absolute Gasteiger partial charge is 0.489 e. The van der Waals surface area contributed by atoms with Gasteiger partial charge < -0.3 is 4.74 Å². The summed E-state index contributed by atoms with van der Waals surface area (Å²) in [6, 6.07) is 20.4. The van der Waals surface area contributed by atoms with Crippen LogP contribution in [0.25, 0.3) is 6.08 Å². The van der Waals surface area contributed by atoms with Crippen LogP contribution in [0.1, 0.15) is 16.7 Å². The molecule has 1 aliphatic rings. The van der Waals surface area contributed by atoms with Crippen LogP contribution in [-0.2, 0) is 17.9 Å². The third-order valence-electron chi connectivity index (χ3n) is 4.62. The monoisotopic (exact) mass is 453 g/mol. The second-order valence-corrected chi connectivity index (χ2v) is 8.31. The fraction of sp³-hybridized carbons (Fsp3) is 0.0833. The maximum Gasteiger partial charge on any atom is 0.293 e. The van der Waals surface area contributed by atoms with E-state index in [1.165, 1.54) is 17.0 Å². The molecule has 1 aliphatic heterocycles. The van der Waals surface area contributed by atoms with Crippen LogP contribution in [0, 0.1) is 5.82 Å². The van der Waals surface area contributed by atoms with Crippen molar-refractivity contribution in [2.24, 2.45) is 0 Å². The average Bonchev–Trinajstić information content (AvgIpc) is 3.03. The molecule has 0 radical (unpaired) electrons. The van der Waals surface area contributed by atoms with E-state index in [0.717, 1.165) is 28.5 Å². The number of rotatable bonds is 6. The van der Waals surface area contributed by atoms with Gasteiger partial charge in [0.15, 0.2) is 0 Å².